The minimum Gasteiger partial charge on any atom is -0.482 e. The van der Waals surface area contributed by atoms with E-state index in [1.165, 1.54) is 0 Å². The second-order valence-corrected chi connectivity index (χ2v) is 7.22. The standard InChI is InChI=1S/C23H20BrNO4/c1-16(23(27)17-7-9-18(24)10-8-17)29-22(26)15-28-21-13-11-20(12-14-21)25-19-5-3-2-4-6-19/h2-14,16,25H,15H2,1H3. The molecule has 0 amide bonds. The molecule has 1 unspecified atom stereocenters. The van der Waals surface area contributed by atoms with Crippen LogP contribution in [0, 0.1) is 0 Å². The monoisotopic (exact) mass is 453 g/mol. The van der Waals surface area contributed by atoms with Crippen LogP contribution in [0.5, 0.6) is 5.75 Å². The van der Waals surface area contributed by atoms with Gasteiger partial charge in [0.25, 0.3) is 0 Å². The van der Waals surface area contributed by atoms with Crippen LogP contribution in [-0.2, 0) is 9.53 Å². The van der Waals surface area contributed by atoms with E-state index in [1.54, 1.807) is 43.3 Å². The van der Waals surface area contributed by atoms with Crippen molar-refractivity contribution in [1.82, 2.24) is 0 Å². The highest BCUT2D eigenvalue weighted by molar-refractivity contribution is 9.10. The lowest BCUT2D eigenvalue weighted by molar-refractivity contribution is -0.148. The fraction of sp³-hybridized carbons (Fsp3) is 0.130. The van der Waals surface area contributed by atoms with Gasteiger partial charge in [-0.05, 0) is 55.5 Å². The number of nitrogens with one attached hydrogen (secondary N) is 1. The Balaban J connectivity index is 1.47. The van der Waals surface area contributed by atoms with E-state index >= 15 is 0 Å². The van der Waals surface area contributed by atoms with E-state index in [9.17, 15) is 9.59 Å². The number of hydrogen-bond acceptors (Lipinski definition) is 5. The Morgan fingerprint density at radius 3 is 2.17 bits per heavy atom. The van der Waals surface area contributed by atoms with Crippen LogP contribution in [0.3, 0.4) is 0 Å². The molecule has 6 heteroatoms. The summed E-state index contributed by atoms with van der Waals surface area (Å²) in [5, 5.41) is 3.27. The van der Waals surface area contributed by atoms with Crippen LogP contribution in [0.2, 0.25) is 0 Å². The Hall–Kier alpha value is -3.12. The molecule has 0 aliphatic heterocycles. The predicted octanol–water partition coefficient (Wildman–Crippen LogP) is 5.39. The Labute approximate surface area is 177 Å². The quantitative estimate of drug-likeness (QED) is 0.366. The molecule has 1 N–H and O–H groups in total. The number of halogens is 1. The maximum absolute atomic E-state index is 12.3. The Morgan fingerprint density at radius 2 is 1.52 bits per heavy atom. The molecule has 0 aliphatic carbocycles. The molecule has 0 spiro atoms. The van der Waals surface area contributed by atoms with Crippen LogP contribution in [0.15, 0.2) is 83.3 Å². The van der Waals surface area contributed by atoms with Gasteiger partial charge in [-0.1, -0.05) is 46.3 Å². The summed E-state index contributed by atoms with van der Waals surface area (Å²) in [6, 6.07) is 23.9. The van der Waals surface area contributed by atoms with Crippen LogP contribution in [0.25, 0.3) is 0 Å². The second-order valence-electron chi connectivity index (χ2n) is 6.31. The molecule has 0 aliphatic rings. The van der Waals surface area contributed by atoms with Gasteiger partial charge in [-0.25, -0.2) is 4.79 Å². The first kappa shape index (κ1) is 20.6. The fourth-order valence-electron chi connectivity index (χ4n) is 2.60. The molecule has 0 radical (unpaired) electrons. The van der Waals surface area contributed by atoms with Gasteiger partial charge in [-0.15, -0.1) is 0 Å². The minimum absolute atomic E-state index is 0.262. The van der Waals surface area contributed by atoms with Crippen molar-refractivity contribution in [3.8, 4) is 5.75 Å². The first-order chi connectivity index (χ1) is 14.0. The van der Waals surface area contributed by atoms with Crippen LogP contribution in [-0.4, -0.2) is 24.5 Å². The largest absolute Gasteiger partial charge is 0.482 e. The van der Waals surface area contributed by atoms with Crippen molar-refractivity contribution in [3.05, 3.63) is 88.9 Å². The summed E-state index contributed by atoms with van der Waals surface area (Å²) in [4.78, 5) is 24.3. The lowest BCUT2D eigenvalue weighted by Gasteiger charge is -2.13. The minimum atomic E-state index is -0.885. The molecular formula is C23H20BrNO4. The van der Waals surface area contributed by atoms with Gasteiger partial charge in [0.2, 0.25) is 5.78 Å². The summed E-state index contributed by atoms with van der Waals surface area (Å²) in [7, 11) is 0. The number of ketones is 1. The number of anilines is 2. The molecule has 0 aromatic heterocycles. The van der Waals surface area contributed by atoms with Crippen molar-refractivity contribution in [2.24, 2.45) is 0 Å². The molecule has 0 heterocycles. The zero-order valence-electron chi connectivity index (χ0n) is 15.8. The smallest absolute Gasteiger partial charge is 0.344 e. The summed E-state index contributed by atoms with van der Waals surface area (Å²) < 4.78 is 11.5. The molecule has 0 fully saturated rings. The topological polar surface area (TPSA) is 64.6 Å². The highest BCUT2D eigenvalue weighted by Crippen LogP contribution is 2.20. The third-order valence-corrected chi connectivity index (χ3v) is 4.61. The third-order valence-electron chi connectivity index (χ3n) is 4.08. The Kier molecular flexibility index (Phi) is 7.03. The molecule has 29 heavy (non-hydrogen) atoms. The molecule has 5 nitrogen and oxygen atoms in total. The maximum Gasteiger partial charge on any atom is 0.344 e. The number of carbonyl (C=O) groups excluding carboxylic acids is 2. The molecule has 3 aromatic rings. The number of ether oxygens (including phenoxy) is 2. The fourth-order valence-corrected chi connectivity index (χ4v) is 2.86. The molecule has 1 atom stereocenters. The molecule has 0 saturated carbocycles. The van der Waals surface area contributed by atoms with Crippen LogP contribution in [0.1, 0.15) is 17.3 Å². The van der Waals surface area contributed by atoms with Crippen LogP contribution >= 0.6 is 15.9 Å². The van der Waals surface area contributed by atoms with Gasteiger partial charge in [-0.3, -0.25) is 4.79 Å². The summed E-state index contributed by atoms with van der Waals surface area (Å²) in [5.74, 6) is -0.330. The van der Waals surface area contributed by atoms with E-state index in [4.69, 9.17) is 9.47 Å². The predicted molar refractivity (Wildman–Crippen MR) is 116 cm³/mol. The first-order valence-corrected chi connectivity index (χ1v) is 9.85. The molecule has 148 valence electrons. The van der Waals surface area contributed by atoms with Crippen molar-refractivity contribution in [2.45, 2.75) is 13.0 Å². The third kappa shape index (κ3) is 6.19. The SMILES string of the molecule is CC(OC(=O)COc1ccc(Nc2ccccc2)cc1)C(=O)c1ccc(Br)cc1. The van der Waals surface area contributed by atoms with Gasteiger partial charge in [0, 0.05) is 21.4 Å². The van der Waals surface area contributed by atoms with Crippen molar-refractivity contribution in [3.63, 3.8) is 0 Å². The number of hydrogen-bond donors (Lipinski definition) is 1. The lowest BCUT2D eigenvalue weighted by Crippen LogP contribution is -2.27. The van der Waals surface area contributed by atoms with Crippen molar-refractivity contribution in [1.29, 1.82) is 0 Å². The number of para-hydroxylation sites is 1. The van der Waals surface area contributed by atoms with E-state index in [2.05, 4.69) is 21.2 Å². The van der Waals surface area contributed by atoms with Crippen LogP contribution < -0.4 is 10.1 Å². The average molecular weight is 454 g/mol. The zero-order chi connectivity index (χ0) is 20.6. The molecule has 0 saturated heterocycles. The normalized spacial score (nSPS) is 11.4. The molecule has 3 aromatic carbocycles. The van der Waals surface area contributed by atoms with E-state index in [-0.39, 0.29) is 12.4 Å². The van der Waals surface area contributed by atoms with Crippen molar-refractivity contribution in [2.75, 3.05) is 11.9 Å². The van der Waals surface area contributed by atoms with E-state index < -0.39 is 12.1 Å². The van der Waals surface area contributed by atoms with Gasteiger partial charge in [0.05, 0.1) is 0 Å². The summed E-state index contributed by atoms with van der Waals surface area (Å²) in [5.41, 5.74) is 2.37. The molecule has 3 rings (SSSR count). The molecule has 0 bridgehead atoms. The number of esters is 1. The second kappa shape index (κ2) is 9.89. The zero-order valence-corrected chi connectivity index (χ0v) is 17.4. The average Bonchev–Trinajstić information content (AvgIpc) is 2.74. The number of rotatable bonds is 8. The van der Waals surface area contributed by atoms with Crippen LogP contribution in [0.4, 0.5) is 11.4 Å². The maximum atomic E-state index is 12.3. The number of Topliss-reactive ketones (excluding diaryl/α,β-unsaturated/α-hetero) is 1. The number of carbonyl (C=O) groups is 2. The van der Waals surface area contributed by atoms with Gasteiger partial charge < -0.3 is 14.8 Å². The summed E-state index contributed by atoms with van der Waals surface area (Å²) in [6.07, 6.45) is -0.885. The Morgan fingerprint density at radius 1 is 0.897 bits per heavy atom. The summed E-state index contributed by atoms with van der Waals surface area (Å²) >= 11 is 3.32. The van der Waals surface area contributed by atoms with E-state index in [0.29, 0.717) is 11.3 Å². The lowest BCUT2D eigenvalue weighted by atomic mass is 10.1. The van der Waals surface area contributed by atoms with Crippen molar-refractivity contribution < 1.29 is 19.1 Å². The van der Waals surface area contributed by atoms with Crippen molar-refractivity contribution >= 4 is 39.1 Å². The first-order valence-electron chi connectivity index (χ1n) is 9.05. The summed E-state index contributed by atoms with van der Waals surface area (Å²) in [6.45, 7) is 1.27. The van der Waals surface area contributed by atoms with Gasteiger partial charge in [0.15, 0.2) is 12.7 Å². The van der Waals surface area contributed by atoms with Gasteiger partial charge >= 0.3 is 5.97 Å². The van der Waals surface area contributed by atoms with E-state index in [1.807, 2.05) is 42.5 Å². The molecular weight excluding hydrogens is 434 g/mol. The highest BCUT2D eigenvalue weighted by Gasteiger charge is 2.19. The van der Waals surface area contributed by atoms with Gasteiger partial charge in [-0.2, -0.15) is 0 Å². The Bertz CT molecular complexity index is 956. The number of benzene rings is 3. The highest BCUT2D eigenvalue weighted by atomic mass is 79.9. The van der Waals surface area contributed by atoms with E-state index in [0.717, 1.165) is 15.8 Å². The van der Waals surface area contributed by atoms with Gasteiger partial charge in [0.1, 0.15) is 5.75 Å².